The van der Waals surface area contributed by atoms with Crippen molar-refractivity contribution in [2.24, 2.45) is 0 Å². The monoisotopic (exact) mass is 285 g/mol. The van der Waals surface area contributed by atoms with E-state index in [0.29, 0.717) is 5.82 Å². The zero-order chi connectivity index (χ0) is 14.5. The molecule has 1 heterocycles. The molecule has 108 valence electrons. The van der Waals surface area contributed by atoms with Gasteiger partial charge in [-0.15, -0.1) is 0 Å². The third kappa shape index (κ3) is 4.80. The van der Waals surface area contributed by atoms with Gasteiger partial charge in [0.2, 0.25) is 0 Å². The van der Waals surface area contributed by atoms with Gasteiger partial charge in [-0.3, -0.25) is 0 Å². The molecule has 0 fully saturated rings. The molecule has 6 heteroatoms. The summed E-state index contributed by atoms with van der Waals surface area (Å²) in [6.45, 7) is 9.05. The Morgan fingerprint density at radius 1 is 1.37 bits per heavy atom. The average molecular weight is 285 g/mol. The normalized spacial score (nSPS) is 13.5. The summed E-state index contributed by atoms with van der Waals surface area (Å²) in [7, 11) is -3.26. The first kappa shape index (κ1) is 15.9. The van der Waals surface area contributed by atoms with Crippen LogP contribution in [0.5, 0.6) is 0 Å². The molecule has 1 rings (SSSR count). The zero-order valence-electron chi connectivity index (χ0n) is 12.0. The van der Waals surface area contributed by atoms with Crippen molar-refractivity contribution < 1.29 is 8.42 Å². The van der Waals surface area contributed by atoms with Gasteiger partial charge >= 0.3 is 0 Å². The third-order valence-electron chi connectivity index (χ3n) is 2.98. The van der Waals surface area contributed by atoms with E-state index in [2.05, 4.69) is 29.0 Å². The van der Waals surface area contributed by atoms with E-state index < -0.39 is 9.84 Å². The fourth-order valence-electron chi connectivity index (χ4n) is 1.95. The molecule has 1 aromatic rings. The van der Waals surface area contributed by atoms with Gasteiger partial charge in [0.15, 0.2) is 9.84 Å². The highest BCUT2D eigenvalue weighted by Crippen LogP contribution is 2.18. The molecule has 1 aromatic heterocycles. The maximum atomic E-state index is 11.7. The molecular formula is C13H23N3O2S. The summed E-state index contributed by atoms with van der Waals surface area (Å²) in [5.41, 5.74) is 0. The second kappa shape index (κ2) is 6.86. The maximum Gasteiger partial charge on any atom is 0.179 e. The van der Waals surface area contributed by atoms with Crippen LogP contribution in [0.2, 0.25) is 0 Å². The lowest BCUT2D eigenvalue weighted by atomic mass is 10.3. The van der Waals surface area contributed by atoms with Gasteiger partial charge in [-0.25, -0.2) is 13.4 Å². The first-order chi connectivity index (χ1) is 8.88. The predicted molar refractivity (Wildman–Crippen MR) is 78.2 cm³/mol. The SMILES string of the molecule is CCN(CC)CC(C)Nc1ncccc1S(C)(=O)=O. The van der Waals surface area contributed by atoms with Crippen LogP contribution in [0, 0.1) is 0 Å². The first-order valence-electron chi connectivity index (χ1n) is 6.52. The van der Waals surface area contributed by atoms with Crippen LogP contribution in [0.4, 0.5) is 5.82 Å². The Balaban J connectivity index is 2.83. The molecule has 0 amide bonds. The molecule has 0 aliphatic rings. The minimum atomic E-state index is -3.26. The molecular weight excluding hydrogens is 262 g/mol. The van der Waals surface area contributed by atoms with Gasteiger partial charge in [0.05, 0.1) is 0 Å². The molecule has 0 aliphatic heterocycles. The Bertz CT molecular complexity index is 498. The van der Waals surface area contributed by atoms with E-state index >= 15 is 0 Å². The van der Waals surface area contributed by atoms with Crippen LogP contribution in [-0.2, 0) is 9.84 Å². The van der Waals surface area contributed by atoms with Gasteiger partial charge in [0, 0.05) is 25.0 Å². The molecule has 5 nitrogen and oxygen atoms in total. The van der Waals surface area contributed by atoms with Crippen LogP contribution < -0.4 is 5.32 Å². The van der Waals surface area contributed by atoms with Crippen LogP contribution in [0.3, 0.4) is 0 Å². The Labute approximate surface area is 116 Å². The zero-order valence-corrected chi connectivity index (χ0v) is 12.9. The van der Waals surface area contributed by atoms with Crippen molar-refractivity contribution in [2.75, 3.05) is 31.2 Å². The minimum Gasteiger partial charge on any atom is -0.365 e. The largest absolute Gasteiger partial charge is 0.365 e. The van der Waals surface area contributed by atoms with Crippen LogP contribution in [0.1, 0.15) is 20.8 Å². The molecule has 19 heavy (non-hydrogen) atoms. The maximum absolute atomic E-state index is 11.7. The van der Waals surface area contributed by atoms with Gasteiger partial charge in [-0.2, -0.15) is 0 Å². The van der Waals surface area contributed by atoms with E-state index in [4.69, 9.17) is 0 Å². The van der Waals surface area contributed by atoms with Crippen molar-refractivity contribution in [2.45, 2.75) is 31.7 Å². The van der Waals surface area contributed by atoms with Crippen molar-refractivity contribution in [1.29, 1.82) is 0 Å². The van der Waals surface area contributed by atoms with E-state index in [1.54, 1.807) is 18.3 Å². The summed E-state index contributed by atoms with van der Waals surface area (Å²) in [5.74, 6) is 0.435. The molecule has 0 spiro atoms. The molecule has 0 radical (unpaired) electrons. The number of sulfone groups is 1. The topological polar surface area (TPSA) is 62.3 Å². The molecule has 0 aliphatic carbocycles. The molecule has 1 N–H and O–H groups in total. The van der Waals surface area contributed by atoms with E-state index in [1.807, 2.05) is 6.92 Å². The number of likely N-dealkylation sites (N-methyl/N-ethyl adjacent to an activating group) is 1. The Kier molecular flexibility index (Phi) is 5.75. The molecule has 0 saturated heterocycles. The van der Waals surface area contributed by atoms with Gasteiger partial charge in [0.25, 0.3) is 0 Å². The van der Waals surface area contributed by atoms with E-state index in [-0.39, 0.29) is 10.9 Å². The smallest absolute Gasteiger partial charge is 0.179 e. The number of hydrogen-bond donors (Lipinski definition) is 1. The quantitative estimate of drug-likeness (QED) is 0.825. The van der Waals surface area contributed by atoms with E-state index in [9.17, 15) is 8.42 Å². The Hall–Kier alpha value is -1.14. The Morgan fingerprint density at radius 2 is 2.00 bits per heavy atom. The highest BCUT2D eigenvalue weighted by Gasteiger charge is 2.16. The van der Waals surface area contributed by atoms with Crippen molar-refractivity contribution in [1.82, 2.24) is 9.88 Å². The number of rotatable bonds is 7. The summed E-state index contributed by atoms with van der Waals surface area (Å²) >= 11 is 0. The summed E-state index contributed by atoms with van der Waals surface area (Å²) in [5, 5.41) is 3.18. The highest BCUT2D eigenvalue weighted by atomic mass is 32.2. The molecule has 0 aromatic carbocycles. The lowest BCUT2D eigenvalue weighted by Crippen LogP contribution is -2.35. The van der Waals surface area contributed by atoms with E-state index in [0.717, 1.165) is 19.6 Å². The summed E-state index contributed by atoms with van der Waals surface area (Å²) < 4.78 is 23.4. The number of pyridine rings is 1. The minimum absolute atomic E-state index is 0.135. The fraction of sp³-hybridized carbons (Fsp3) is 0.615. The summed E-state index contributed by atoms with van der Waals surface area (Å²) in [6, 6.07) is 3.35. The van der Waals surface area contributed by atoms with Crippen LogP contribution in [0.15, 0.2) is 23.2 Å². The number of hydrogen-bond acceptors (Lipinski definition) is 5. The lowest BCUT2D eigenvalue weighted by Gasteiger charge is -2.24. The van der Waals surface area contributed by atoms with Gasteiger partial charge in [-0.1, -0.05) is 13.8 Å². The highest BCUT2D eigenvalue weighted by molar-refractivity contribution is 7.90. The number of nitrogens with one attached hydrogen (secondary N) is 1. The van der Waals surface area contributed by atoms with Crippen molar-refractivity contribution >= 4 is 15.7 Å². The van der Waals surface area contributed by atoms with Crippen LogP contribution >= 0.6 is 0 Å². The van der Waals surface area contributed by atoms with Crippen LogP contribution in [-0.4, -0.2) is 50.2 Å². The number of aromatic nitrogens is 1. The second-order valence-electron chi connectivity index (χ2n) is 4.65. The molecule has 0 saturated carbocycles. The van der Waals surface area contributed by atoms with E-state index in [1.165, 1.54) is 6.26 Å². The summed E-state index contributed by atoms with van der Waals surface area (Å²) in [6.07, 6.45) is 2.80. The molecule has 0 bridgehead atoms. The summed E-state index contributed by atoms with van der Waals surface area (Å²) in [4.78, 5) is 6.67. The average Bonchev–Trinajstić information content (AvgIpc) is 2.35. The van der Waals surface area contributed by atoms with Gasteiger partial charge in [0.1, 0.15) is 10.7 Å². The number of anilines is 1. The molecule has 1 unspecified atom stereocenters. The van der Waals surface area contributed by atoms with Crippen molar-refractivity contribution in [3.63, 3.8) is 0 Å². The van der Waals surface area contributed by atoms with Crippen LogP contribution in [0.25, 0.3) is 0 Å². The third-order valence-corrected chi connectivity index (χ3v) is 4.11. The van der Waals surface area contributed by atoms with Gasteiger partial charge in [-0.05, 0) is 32.1 Å². The van der Waals surface area contributed by atoms with Crippen molar-refractivity contribution in [3.8, 4) is 0 Å². The van der Waals surface area contributed by atoms with Gasteiger partial charge < -0.3 is 10.2 Å². The standard InChI is InChI=1S/C13H23N3O2S/c1-5-16(6-2)10-11(3)15-13-12(19(4,17)18)8-7-9-14-13/h7-9,11H,5-6,10H2,1-4H3,(H,14,15). The fourth-order valence-corrected chi connectivity index (χ4v) is 2.73. The second-order valence-corrected chi connectivity index (χ2v) is 6.64. The molecule has 1 atom stereocenters. The first-order valence-corrected chi connectivity index (χ1v) is 8.41. The van der Waals surface area contributed by atoms with Crippen molar-refractivity contribution in [3.05, 3.63) is 18.3 Å². The predicted octanol–water partition coefficient (Wildman–Crippen LogP) is 1.63. The Morgan fingerprint density at radius 3 is 2.53 bits per heavy atom. The lowest BCUT2D eigenvalue weighted by molar-refractivity contribution is 0.294. The number of nitrogens with zero attached hydrogens (tertiary/aromatic N) is 2.